The van der Waals surface area contributed by atoms with Crippen LogP contribution >= 0.6 is 0 Å². The van der Waals surface area contributed by atoms with Crippen LogP contribution in [-0.2, 0) is 25.8 Å². The molecule has 0 N–H and O–H groups in total. The molecule has 0 spiro atoms. The fourth-order valence-electron chi connectivity index (χ4n) is 4.11. The predicted molar refractivity (Wildman–Crippen MR) is 104 cm³/mol. The Kier molecular flexibility index (Phi) is 6.19. The maximum atomic E-state index is 12.9. The van der Waals surface area contributed by atoms with E-state index in [0.29, 0.717) is 45.3 Å². The number of hydrogen-bond donors (Lipinski definition) is 0. The number of hydrogen-bond acceptors (Lipinski definition) is 4. The van der Waals surface area contributed by atoms with Gasteiger partial charge in [0.15, 0.2) is 9.84 Å². The summed E-state index contributed by atoms with van der Waals surface area (Å²) >= 11 is 0. The third kappa shape index (κ3) is 4.89. The van der Waals surface area contributed by atoms with Crippen molar-refractivity contribution in [1.82, 2.24) is 9.80 Å². The van der Waals surface area contributed by atoms with Crippen molar-refractivity contribution >= 4 is 21.7 Å². The fraction of sp³-hybridized carbons (Fsp3) is 0.600. The van der Waals surface area contributed by atoms with Gasteiger partial charge in [-0.2, -0.15) is 0 Å². The van der Waals surface area contributed by atoms with Gasteiger partial charge in [0, 0.05) is 31.6 Å². The molecule has 148 valence electrons. The van der Waals surface area contributed by atoms with E-state index in [2.05, 4.69) is 0 Å². The molecule has 2 amide bonds. The minimum absolute atomic E-state index is 0.0507. The minimum Gasteiger partial charge on any atom is -0.342 e. The average molecular weight is 393 g/mol. The first-order chi connectivity index (χ1) is 12.9. The number of piperidine rings is 1. The second-order valence-corrected chi connectivity index (χ2v) is 9.73. The first kappa shape index (κ1) is 19.9. The molecule has 2 aliphatic rings. The van der Waals surface area contributed by atoms with Gasteiger partial charge >= 0.3 is 0 Å². The lowest BCUT2D eigenvalue weighted by Gasteiger charge is -2.36. The first-order valence-corrected chi connectivity index (χ1v) is 11.5. The van der Waals surface area contributed by atoms with Crippen molar-refractivity contribution in [2.45, 2.75) is 38.6 Å². The number of carbonyl (C=O) groups excluding carboxylic acids is 2. The van der Waals surface area contributed by atoms with Crippen LogP contribution in [0.4, 0.5) is 0 Å². The van der Waals surface area contributed by atoms with E-state index in [1.165, 1.54) is 0 Å². The van der Waals surface area contributed by atoms with Gasteiger partial charge in [0.05, 0.1) is 17.9 Å². The Labute approximate surface area is 161 Å². The maximum Gasteiger partial charge on any atom is 0.226 e. The summed E-state index contributed by atoms with van der Waals surface area (Å²) in [6, 6.07) is 9.49. The summed E-state index contributed by atoms with van der Waals surface area (Å²) in [6.45, 7) is 3.61. The number of likely N-dealkylation sites (tertiary alicyclic amines) is 1. The molecule has 0 radical (unpaired) electrons. The van der Waals surface area contributed by atoms with E-state index >= 15 is 0 Å². The van der Waals surface area contributed by atoms with Crippen molar-refractivity contribution in [3.8, 4) is 0 Å². The second kappa shape index (κ2) is 8.42. The van der Waals surface area contributed by atoms with Crippen LogP contribution in [0.3, 0.4) is 0 Å². The van der Waals surface area contributed by atoms with E-state index < -0.39 is 9.84 Å². The molecule has 2 heterocycles. The van der Waals surface area contributed by atoms with Crippen LogP contribution in [0.1, 0.15) is 31.7 Å². The largest absolute Gasteiger partial charge is 0.342 e. The highest BCUT2D eigenvalue weighted by molar-refractivity contribution is 7.91. The van der Waals surface area contributed by atoms with E-state index in [-0.39, 0.29) is 35.3 Å². The molecule has 2 aliphatic heterocycles. The van der Waals surface area contributed by atoms with E-state index in [1.807, 2.05) is 42.2 Å². The van der Waals surface area contributed by atoms with Gasteiger partial charge in [0.1, 0.15) is 0 Å². The molecule has 0 aromatic heterocycles. The zero-order valence-electron chi connectivity index (χ0n) is 15.8. The Balaban J connectivity index is 1.53. The molecule has 2 saturated heterocycles. The zero-order chi connectivity index (χ0) is 19.4. The third-order valence-electron chi connectivity index (χ3n) is 5.67. The molecule has 1 aromatic carbocycles. The van der Waals surface area contributed by atoms with Crippen molar-refractivity contribution in [3.05, 3.63) is 35.9 Å². The minimum atomic E-state index is -3.01. The topological polar surface area (TPSA) is 74.8 Å². The monoisotopic (exact) mass is 392 g/mol. The molecule has 0 aliphatic carbocycles. The van der Waals surface area contributed by atoms with Gasteiger partial charge in [-0.25, -0.2) is 8.42 Å². The maximum absolute atomic E-state index is 12.9. The van der Waals surface area contributed by atoms with Gasteiger partial charge in [-0.05, 0) is 31.7 Å². The zero-order valence-corrected chi connectivity index (χ0v) is 16.7. The second-order valence-electron chi connectivity index (χ2n) is 7.50. The number of rotatable bonds is 5. The quantitative estimate of drug-likeness (QED) is 0.761. The van der Waals surface area contributed by atoms with Crippen LogP contribution < -0.4 is 0 Å². The fourth-order valence-corrected chi connectivity index (χ4v) is 5.84. The highest BCUT2D eigenvalue weighted by Gasteiger charge is 2.37. The molecule has 2 fully saturated rings. The molecule has 1 aromatic rings. The van der Waals surface area contributed by atoms with Crippen LogP contribution in [0, 0.1) is 5.92 Å². The molecular formula is C20H28N2O4S. The Bertz CT molecular complexity index is 770. The molecule has 6 nitrogen and oxygen atoms in total. The van der Waals surface area contributed by atoms with E-state index in [4.69, 9.17) is 0 Å². The molecule has 0 bridgehead atoms. The van der Waals surface area contributed by atoms with Crippen LogP contribution in [0.2, 0.25) is 0 Å². The SMILES string of the molecule is CCN(C(=O)C1CCN(C(=O)Cc2ccccc2)CC1)C1CCS(=O)(=O)C1. The molecule has 27 heavy (non-hydrogen) atoms. The lowest BCUT2D eigenvalue weighted by Crippen LogP contribution is -2.48. The van der Waals surface area contributed by atoms with Gasteiger partial charge in [-0.1, -0.05) is 30.3 Å². The summed E-state index contributed by atoms with van der Waals surface area (Å²) in [5.74, 6) is 0.291. The van der Waals surface area contributed by atoms with Crippen LogP contribution in [0.25, 0.3) is 0 Å². The highest BCUT2D eigenvalue weighted by atomic mass is 32.2. The summed E-state index contributed by atoms with van der Waals surface area (Å²) in [7, 11) is -3.01. The molecule has 7 heteroatoms. The van der Waals surface area contributed by atoms with Crippen LogP contribution in [-0.4, -0.2) is 67.2 Å². The van der Waals surface area contributed by atoms with Crippen LogP contribution in [0.5, 0.6) is 0 Å². The van der Waals surface area contributed by atoms with Gasteiger partial charge in [-0.15, -0.1) is 0 Å². The van der Waals surface area contributed by atoms with Crippen molar-refractivity contribution in [2.24, 2.45) is 5.92 Å². The highest BCUT2D eigenvalue weighted by Crippen LogP contribution is 2.25. The smallest absolute Gasteiger partial charge is 0.226 e. The Morgan fingerprint density at radius 2 is 1.78 bits per heavy atom. The summed E-state index contributed by atoms with van der Waals surface area (Å²) in [6.07, 6.45) is 2.22. The van der Waals surface area contributed by atoms with Gasteiger partial charge in [-0.3, -0.25) is 9.59 Å². The lowest BCUT2D eigenvalue weighted by atomic mass is 9.94. The van der Waals surface area contributed by atoms with E-state index in [9.17, 15) is 18.0 Å². The lowest BCUT2D eigenvalue weighted by molar-refractivity contribution is -0.141. The van der Waals surface area contributed by atoms with E-state index in [1.54, 1.807) is 4.90 Å². The summed E-state index contributed by atoms with van der Waals surface area (Å²) in [4.78, 5) is 29.0. The number of amides is 2. The standard InChI is InChI=1S/C20H28N2O4S/c1-2-22(18-10-13-27(25,26)15-18)20(24)17-8-11-21(12-9-17)19(23)14-16-6-4-3-5-7-16/h3-7,17-18H,2,8-15H2,1H3. The Morgan fingerprint density at radius 1 is 1.11 bits per heavy atom. The van der Waals surface area contributed by atoms with Crippen molar-refractivity contribution in [1.29, 1.82) is 0 Å². The number of sulfone groups is 1. The van der Waals surface area contributed by atoms with Crippen molar-refractivity contribution in [3.63, 3.8) is 0 Å². The average Bonchev–Trinajstić information content (AvgIpc) is 3.02. The van der Waals surface area contributed by atoms with Gasteiger partial charge in [0.2, 0.25) is 11.8 Å². The molecule has 0 saturated carbocycles. The molecule has 1 unspecified atom stereocenters. The number of nitrogens with zero attached hydrogens (tertiary/aromatic N) is 2. The van der Waals surface area contributed by atoms with Gasteiger partial charge in [0.25, 0.3) is 0 Å². The summed E-state index contributed by atoms with van der Waals surface area (Å²) < 4.78 is 23.5. The number of carbonyl (C=O) groups is 2. The first-order valence-electron chi connectivity index (χ1n) is 9.72. The van der Waals surface area contributed by atoms with Crippen LogP contribution in [0.15, 0.2) is 30.3 Å². The Morgan fingerprint density at radius 3 is 2.33 bits per heavy atom. The number of benzene rings is 1. The van der Waals surface area contributed by atoms with Crippen molar-refractivity contribution in [2.75, 3.05) is 31.1 Å². The Hall–Kier alpha value is -1.89. The predicted octanol–water partition coefficient (Wildman–Crippen LogP) is 1.50. The van der Waals surface area contributed by atoms with Crippen molar-refractivity contribution < 1.29 is 18.0 Å². The molecule has 3 rings (SSSR count). The molecule has 1 atom stereocenters. The molecular weight excluding hydrogens is 364 g/mol. The summed E-state index contributed by atoms with van der Waals surface area (Å²) in [5, 5.41) is 0. The summed E-state index contributed by atoms with van der Waals surface area (Å²) in [5.41, 5.74) is 1.00. The van der Waals surface area contributed by atoms with E-state index in [0.717, 1.165) is 5.56 Å². The third-order valence-corrected chi connectivity index (χ3v) is 7.42. The normalized spacial score (nSPS) is 22.6. The van der Waals surface area contributed by atoms with Gasteiger partial charge < -0.3 is 9.80 Å².